The lowest BCUT2D eigenvalue weighted by atomic mass is 10.1. The summed E-state index contributed by atoms with van der Waals surface area (Å²) in [5.41, 5.74) is 13.2. The van der Waals surface area contributed by atoms with Crippen molar-refractivity contribution in [2.24, 2.45) is 0 Å². The van der Waals surface area contributed by atoms with E-state index in [0.717, 1.165) is 5.56 Å². The number of halogens is 2. The van der Waals surface area contributed by atoms with Crippen molar-refractivity contribution in [3.63, 3.8) is 0 Å². The van der Waals surface area contributed by atoms with E-state index in [9.17, 15) is 4.79 Å². The molecule has 3 rings (SSSR count). The Labute approximate surface area is 165 Å². The van der Waals surface area contributed by atoms with Crippen molar-refractivity contribution in [1.82, 2.24) is 15.4 Å². The van der Waals surface area contributed by atoms with E-state index >= 15 is 0 Å². The smallest absolute Gasteiger partial charge is 0.242 e. The molecule has 5 N–H and O–H groups in total. The molecule has 7 nitrogen and oxygen atoms in total. The third-order valence-electron chi connectivity index (χ3n) is 3.59. The number of aromatic nitrogens is 2. The van der Waals surface area contributed by atoms with Gasteiger partial charge in [0.15, 0.2) is 11.6 Å². The molecule has 27 heavy (non-hydrogen) atoms. The molecule has 2 aromatic carbocycles. The predicted octanol–water partition coefficient (Wildman–Crippen LogP) is 3.80. The molecule has 1 aromatic heterocycles. The van der Waals surface area contributed by atoms with Gasteiger partial charge in [0.1, 0.15) is 12.0 Å². The molecule has 1 amide bonds. The highest BCUT2D eigenvalue weighted by molar-refractivity contribution is 6.42. The van der Waals surface area contributed by atoms with Gasteiger partial charge in [0.2, 0.25) is 5.91 Å². The third kappa shape index (κ3) is 4.99. The Kier molecular flexibility index (Phi) is 5.95. The SMILES string of the molecule is Nc1c(NNC(=O)Cc2ccccc2)ncnc1Nc1ccc(Cl)c(Cl)c1. The molecular weight excluding hydrogens is 387 g/mol. The maximum absolute atomic E-state index is 12.0. The van der Waals surface area contributed by atoms with Crippen LogP contribution in [-0.4, -0.2) is 15.9 Å². The predicted molar refractivity (Wildman–Crippen MR) is 108 cm³/mol. The van der Waals surface area contributed by atoms with Crippen LogP contribution in [-0.2, 0) is 11.2 Å². The Bertz CT molecular complexity index is 952. The van der Waals surface area contributed by atoms with Crippen LogP contribution in [0.15, 0.2) is 54.9 Å². The second kappa shape index (κ2) is 8.57. The highest BCUT2D eigenvalue weighted by Crippen LogP contribution is 2.29. The van der Waals surface area contributed by atoms with Gasteiger partial charge in [-0.15, -0.1) is 0 Å². The van der Waals surface area contributed by atoms with E-state index in [-0.39, 0.29) is 23.8 Å². The summed E-state index contributed by atoms with van der Waals surface area (Å²) in [4.78, 5) is 20.2. The van der Waals surface area contributed by atoms with Gasteiger partial charge in [-0.1, -0.05) is 53.5 Å². The van der Waals surface area contributed by atoms with Crippen molar-refractivity contribution in [3.8, 4) is 0 Å². The number of hydrogen-bond acceptors (Lipinski definition) is 6. The van der Waals surface area contributed by atoms with Crippen LogP contribution in [0.3, 0.4) is 0 Å². The van der Waals surface area contributed by atoms with Crippen molar-refractivity contribution < 1.29 is 4.79 Å². The van der Waals surface area contributed by atoms with E-state index in [2.05, 4.69) is 26.1 Å². The van der Waals surface area contributed by atoms with Crippen LogP contribution in [0.25, 0.3) is 0 Å². The van der Waals surface area contributed by atoms with Gasteiger partial charge in [0.25, 0.3) is 0 Å². The van der Waals surface area contributed by atoms with Crippen LogP contribution in [0.2, 0.25) is 10.0 Å². The molecule has 3 aromatic rings. The van der Waals surface area contributed by atoms with Crippen molar-refractivity contribution in [1.29, 1.82) is 0 Å². The van der Waals surface area contributed by atoms with Crippen LogP contribution >= 0.6 is 23.2 Å². The first kappa shape index (κ1) is 18.8. The topological polar surface area (TPSA) is 105 Å². The van der Waals surface area contributed by atoms with Gasteiger partial charge >= 0.3 is 0 Å². The molecular formula is C18H16Cl2N6O. The fourth-order valence-electron chi connectivity index (χ4n) is 2.26. The number of anilines is 4. The van der Waals surface area contributed by atoms with Crippen LogP contribution in [0.5, 0.6) is 0 Å². The lowest BCUT2D eigenvalue weighted by Gasteiger charge is -2.13. The zero-order valence-electron chi connectivity index (χ0n) is 14.0. The van der Waals surface area contributed by atoms with Crippen LogP contribution in [0.1, 0.15) is 5.56 Å². The van der Waals surface area contributed by atoms with Crippen molar-refractivity contribution in [2.45, 2.75) is 6.42 Å². The van der Waals surface area contributed by atoms with Gasteiger partial charge in [0, 0.05) is 5.69 Å². The molecule has 0 saturated carbocycles. The number of hydrazine groups is 1. The maximum atomic E-state index is 12.0. The molecule has 0 spiro atoms. The lowest BCUT2D eigenvalue weighted by Crippen LogP contribution is -2.31. The minimum absolute atomic E-state index is 0.224. The summed E-state index contributed by atoms with van der Waals surface area (Å²) in [6.07, 6.45) is 1.55. The average Bonchev–Trinajstić information content (AvgIpc) is 2.66. The normalized spacial score (nSPS) is 10.3. The van der Waals surface area contributed by atoms with Gasteiger partial charge in [-0.25, -0.2) is 9.97 Å². The summed E-state index contributed by atoms with van der Waals surface area (Å²) >= 11 is 11.9. The van der Waals surface area contributed by atoms with Crippen molar-refractivity contribution in [2.75, 3.05) is 16.5 Å². The first-order valence-electron chi connectivity index (χ1n) is 7.94. The van der Waals surface area contributed by atoms with Gasteiger partial charge in [-0.2, -0.15) is 0 Å². The number of carbonyl (C=O) groups excluding carboxylic acids is 1. The largest absolute Gasteiger partial charge is 0.393 e. The van der Waals surface area contributed by atoms with Crippen molar-refractivity contribution in [3.05, 3.63) is 70.5 Å². The van der Waals surface area contributed by atoms with Crippen LogP contribution < -0.4 is 21.9 Å². The second-order valence-corrected chi connectivity index (χ2v) is 6.39. The molecule has 0 aliphatic rings. The Morgan fingerprint density at radius 1 is 1.00 bits per heavy atom. The highest BCUT2D eigenvalue weighted by Gasteiger charge is 2.10. The Hall–Kier alpha value is -3.03. The van der Waals surface area contributed by atoms with E-state index in [1.165, 1.54) is 6.33 Å². The molecule has 0 atom stereocenters. The fourth-order valence-corrected chi connectivity index (χ4v) is 2.56. The van der Waals surface area contributed by atoms with Crippen molar-refractivity contribution >= 4 is 52.1 Å². The number of amides is 1. The summed E-state index contributed by atoms with van der Waals surface area (Å²) in [6.45, 7) is 0. The average molecular weight is 403 g/mol. The minimum Gasteiger partial charge on any atom is -0.393 e. The summed E-state index contributed by atoms with van der Waals surface area (Å²) < 4.78 is 0. The molecule has 0 fully saturated rings. The monoisotopic (exact) mass is 402 g/mol. The number of nitrogens with one attached hydrogen (secondary N) is 3. The molecule has 0 aliphatic carbocycles. The molecule has 0 aliphatic heterocycles. The van der Waals surface area contributed by atoms with E-state index < -0.39 is 0 Å². The van der Waals surface area contributed by atoms with Gasteiger partial charge < -0.3 is 11.1 Å². The summed E-state index contributed by atoms with van der Waals surface area (Å²) in [7, 11) is 0. The van der Waals surface area contributed by atoms with E-state index in [1.54, 1.807) is 18.2 Å². The lowest BCUT2D eigenvalue weighted by molar-refractivity contribution is -0.119. The standard InChI is InChI=1S/C18H16Cl2N6O/c19-13-7-6-12(9-14(13)20)24-17-16(21)18(23-10-22-17)26-25-15(27)8-11-4-2-1-3-5-11/h1-7,9-10H,8,21H2,(H,25,27)(H2,22,23,24,26). The zero-order valence-corrected chi connectivity index (χ0v) is 15.6. The maximum Gasteiger partial charge on any atom is 0.242 e. The van der Waals surface area contributed by atoms with Gasteiger partial charge in [-0.3, -0.25) is 15.6 Å². The number of rotatable bonds is 6. The Balaban J connectivity index is 1.65. The Morgan fingerprint density at radius 3 is 2.48 bits per heavy atom. The number of nitrogens with two attached hydrogens (primary N) is 1. The second-order valence-electron chi connectivity index (χ2n) is 5.57. The van der Waals surface area contributed by atoms with E-state index in [4.69, 9.17) is 28.9 Å². The van der Waals surface area contributed by atoms with Crippen LogP contribution in [0, 0.1) is 0 Å². The molecule has 138 valence electrons. The Morgan fingerprint density at radius 2 is 1.74 bits per heavy atom. The molecule has 0 saturated heterocycles. The first-order valence-corrected chi connectivity index (χ1v) is 8.70. The van der Waals surface area contributed by atoms with Crippen LogP contribution in [0.4, 0.5) is 23.0 Å². The number of hydrogen-bond donors (Lipinski definition) is 4. The zero-order chi connectivity index (χ0) is 19.2. The molecule has 0 bridgehead atoms. The van der Waals surface area contributed by atoms with E-state index in [0.29, 0.717) is 21.6 Å². The number of nitrogen functional groups attached to an aromatic ring is 1. The fraction of sp³-hybridized carbons (Fsp3) is 0.0556. The number of carbonyl (C=O) groups is 1. The molecule has 0 radical (unpaired) electrons. The molecule has 9 heteroatoms. The quantitative estimate of drug-likeness (QED) is 0.467. The molecule has 0 unspecified atom stereocenters. The summed E-state index contributed by atoms with van der Waals surface area (Å²) in [5.74, 6) is 0.412. The minimum atomic E-state index is -0.224. The third-order valence-corrected chi connectivity index (χ3v) is 4.33. The van der Waals surface area contributed by atoms with Gasteiger partial charge in [-0.05, 0) is 23.8 Å². The summed E-state index contributed by atoms with van der Waals surface area (Å²) in [5, 5.41) is 3.89. The first-order chi connectivity index (χ1) is 13.0. The summed E-state index contributed by atoms with van der Waals surface area (Å²) in [6, 6.07) is 14.4. The van der Waals surface area contributed by atoms with E-state index in [1.807, 2.05) is 30.3 Å². The highest BCUT2D eigenvalue weighted by atomic mass is 35.5. The van der Waals surface area contributed by atoms with Gasteiger partial charge in [0.05, 0.1) is 16.5 Å². The molecule has 1 heterocycles. The number of nitrogens with zero attached hydrogens (tertiary/aromatic N) is 2. The number of benzene rings is 2.